The molecule has 1 heterocycles. The Morgan fingerprint density at radius 1 is 0.897 bits per heavy atom. The van der Waals surface area contributed by atoms with Crippen molar-refractivity contribution in [3.63, 3.8) is 0 Å². The maximum atomic E-state index is 12.5. The van der Waals surface area contributed by atoms with E-state index in [1.807, 2.05) is 84.9 Å². The van der Waals surface area contributed by atoms with Gasteiger partial charge in [-0.25, -0.2) is 9.66 Å². The van der Waals surface area contributed by atoms with Gasteiger partial charge in [0.05, 0.1) is 17.6 Å². The van der Waals surface area contributed by atoms with Crippen molar-refractivity contribution < 1.29 is 4.79 Å². The highest BCUT2D eigenvalue weighted by Gasteiger charge is 2.12. The van der Waals surface area contributed by atoms with E-state index in [4.69, 9.17) is 5.84 Å². The Bertz CT molecular complexity index is 1110. The smallest absolute Gasteiger partial charge is 0.234 e. The standard InChI is InChI=1S/C23H20N4OS/c24-27-15-21(18-11-5-2-6-12-18)26-23(27)29-16-22(28)25-20-14-8-7-13-19(20)17-9-3-1-4-10-17/h1-15H,16,24H2,(H,25,28). The molecule has 4 aromatic rings. The molecule has 0 spiro atoms. The molecule has 1 aromatic heterocycles. The number of amides is 1. The number of imidazole rings is 1. The van der Waals surface area contributed by atoms with Gasteiger partial charge in [-0.15, -0.1) is 0 Å². The summed E-state index contributed by atoms with van der Waals surface area (Å²) in [6.07, 6.45) is 1.76. The molecule has 3 aromatic carbocycles. The Labute approximate surface area is 173 Å². The summed E-state index contributed by atoms with van der Waals surface area (Å²) in [7, 11) is 0. The molecule has 0 unspecified atom stereocenters. The third-order valence-electron chi connectivity index (χ3n) is 4.39. The van der Waals surface area contributed by atoms with Crippen molar-refractivity contribution >= 4 is 23.4 Å². The molecule has 0 radical (unpaired) electrons. The average molecular weight is 401 g/mol. The first-order chi connectivity index (χ1) is 14.2. The number of aromatic nitrogens is 2. The number of rotatable bonds is 6. The number of nitrogen functional groups attached to an aromatic ring is 1. The lowest BCUT2D eigenvalue weighted by molar-refractivity contribution is -0.113. The van der Waals surface area contributed by atoms with E-state index in [0.29, 0.717) is 5.16 Å². The summed E-state index contributed by atoms with van der Waals surface area (Å²) in [6.45, 7) is 0. The Morgan fingerprint density at radius 3 is 2.24 bits per heavy atom. The first kappa shape index (κ1) is 18.8. The summed E-state index contributed by atoms with van der Waals surface area (Å²) in [5, 5.41) is 3.59. The molecule has 29 heavy (non-hydrogen) atoms. The molecular formula is C23H20N4OS. The maximum Gasteiger partial charge on any atom is 0.234 e. The largest absolute Gasteiger partial charge is 0.337 e. The lowest BCUT2D eigenvalue weighted by atomic mass is 10.0. The molecule has 0 aliphatic carbocycles. The zero-order valence-corrected chi connectivity index (χ0v) is 16.5. The maximum absolute atomic E-state index is 12.5. The van der Waals surface area contributed by atoms with E-state index in [0.717, 1.165) is 28.1 Å². The van der Waals surface area contributed by atoms with Crippen LogP contribution >= 0.6 is 11.8 Å². The minimum absolute atomic E-state index is 0.109. The van der Waals surface area contributed by atoms with Crippen molar-refractivity contribution in [2.45, 2.75) is 5.16 Å². The fourth-order valence-electron chi connectivity index (χ4n) is 3.01. The van der Waals surface area contributed by atoms with E-state index >= 15 is 0 Å². The number of carbonyl (C=O) groups excluding carboxylic acids is 1. The number of hydrogen-bond acceptors (Lipinski definition) is 4. The SMILES string of the molecule is Nn1cc(-c2ccccc2)nc1SCC(=O)Nc1ccccc1-c1ccccc1. The van der Waals surface area contributed by atoms with Gasteiger partial charge in [-0.1, -0.05) is 90.6 Å². The van der Waals surface area contributed by atoms with Gasteiger partial charge in [0.1, 0.15) is 0 Å². The molecule has 5 nitrogen and oxygen atoms in total. The molecule has 4 rings (SSSR count). The second-order valence-corrected chi connectivity index (χ2v) is 7.37. The number of nitrogens with zero attached hydrogens (tertiary/aromatic N) is 2. The van der Waals surface area contributed by atoms with Gasteiger partial charge in [0, 0.05) is 16.8 Å². The predicted octanol–water partition coefficient (Wildman–Crippen LogP) is 4.66. The minimum Gasteiger partial charge on any atom is -0.337 e. The molecule has 0 saturated heterocycles. The highest BCUT2D eigenvalue weighted by Crippen LogP contribution is 2.28. The number of para-hydroxylation sites is 1. The van der Waals surface area contributed by atoms with Crippen LogP contribution < -0.4 is 11.2 Å². The quantitative estimate of drug-likeness (QED) is 0.365. The van der Waals surface area contributed by atoms with Crippen molar-refractivity contribution in [1.82, 2.24) is 9.66 Å². The topological polar surface area (TPSA) is 72.9 Å². The Balaban J connectivity index is 1.44. The number of hydrogen-bond donors (Lipinski definition) is 2. The van der Waals surface area contributed by atoms with Crippen LogP contribution in [0.15, 0.2) is 96.3 Å². The third kappa shape index (κ3) is 4.50. The van der Waals surface area contributed by atoms with Gasteiger partial charge in [-0.05, 0) is 11.6 Å². The van der Waals surface area contributed by atoms with Crippen LogP contribution in [0.1, 0.15) is 0 Å². The van der Waals surface area contributed by atoms with Crippen LogP contribution in [0.4, 0.5) is 5.69 Å². The zero-order chi connectivity index (χ0) is 20.1. The first-order valence-corrected chi connectivity index (χ1v) is 10.2. The molecule has 6 heteroatoms. The van der Waals surface area contributed by atoms with Crippen LogP contribution in [0.2, 0.25) is 0 Å². The molecule has 0 bridgehead atoms. The number of benzene rings is 3. The van der Waals surface area contributed by atoms with Crippen LogP contribution in [0, 0.1) is 0 Å². The van der Waals surface area contributed by atoms with E-state index in [1.165, 1.54) is 16.4 Å². The summed E-state index contributed by atoms with van der Waals surface area (Å²) < 4.78 is 1.46. The molecule has 0 aliphatic heterocycles. The Kier molecular flexibility index (Phi) is 5.63. The summed E-state index contributed by atoms with van der Waals surface area (Å²) in [4.78, 5) is 17.1. The normalized spacial score (nSPS) is 10.6. The minimum atomic E-state index is -0.109. The van der Waals surface area contributed by atoms with Crippen molar-refractivity contribution in [2.24, 2.45) is 0 Å². The van der Waals surface area contributed by atoms with Gasteiger partial charge in [0.2, 0.25) is 5.91 Å². The second kappa shape index (κ2) is 8.67. The number of carbonyl (C=O) groups is 1. The van der Waals surface area contributed by atoms with Crippen LogP contribution in [0.3, 0.4) is 0 Å². The summed E-state index contributed by atoms with van der Waals surface area (Å²) in [5.74, 6) is 6.12. The summed E-state index contributed by atoms with van der Waals surface area (Å²) in [6, 6.07) is 27.6. The van der Waals surface area contributed by atoms with Gasteiger partial charge >= 0.3 is 0 Å². The van der Waals surface area contributed by atoms with E-state index in [2.05, 4.69) is 10.3 Å². The van der Waals surface area contributed by atoms with Crippen LogP contribution in [-0.2, 0) is 4.79 Å². The number of nitrogens with two attached hydrogens (primary N) is 1. The number of anilines is 1. The molecule has 0 saturated carbocycles. The summed E-state index contributed by atoms with van der Waals surface area (Å²) in [5.41, 5.74) is 4.59. The third-order valence-corrected chi connectivity index (χ3v) is 5.35. The predicted molar refractivity (Wildman–Crippen MR) is 119 cm³/mol. The van der Waals surface area contributed by atoms with Gasteiger partial charge < -0.3 is 11.2 Å². The van der Waals surface area contributed by atoms with Gasteiger partial charge in [-0.3, -0.25) is 4.79 Å². The second-order valence-electron chi connectivity index (χ2n) is 6.43. The van der Waals surface area contributed by atoms with E-state index in [1.54, 1.807) is 6.20 Å². The van der Waals surface area contributed by atoms with E-state index < -0.39 is 0 Å². The van der Waals surface area contributed by atoms with Gasteiger partial charge in [-0.2, -0.15) is 0 Å². The number of thioether (sulfide) groups is 1. The highest BCUT2D eigenvalue weighted by atomic mass is 32.2. The van der Waals surface area contributed by atoms with Crippen molar-refractivity contribution in [3.8, 4) is 22.4 Å². The fourth-order valence-corrected chi connectivity index (χ4v) is 3.71. The Hall–Kier alpha value is -3.51. The molecule has 144 valence electrons. The average Bonchev–Trinajstić information content (AvgIpc) is 3.14. The molecule has 0 fully saturated rings. The van der Waals surface area contributed by atoms with Crippen molar-refractivity contribution in [2.75, 3.05) is 16.9 Å². The molecular weight excluding hydrogens is 380 g/mol. The lowest BCUT2D eigenvalue weighted by Gasteiger charge is -2.11. The van der Waals surface area contributed by atoms with Crippen LogP contribution in [0.25, 0.3) is 22.4 Å². The molecule has 1 amide bonds. The highest BCUT2D eigenvalue weighted by molar-refractivity contribution is 7.99. The van der Waals surface area contributed by atoms with Crippen molar-refractivity contribution in [3.05, 3.63) is 91.1 Å². The van der Waals surface area contributed by atoms with Crippen molar-refractivity contribution in [1.29, 1.82) is 0 Å². The van der Waals surface area contributed by atoms with Gasteiger partial charge in [0.25, 0.3) is 0 Å². The fraction of sp³-hybridized carbons (Fsp3) is 0.0435. The Morgan fingerprint density at radius 2 is 1.52 bits per heavy atom. The summed E-state index contributed by atoms with van der Waals surface area (Å²) >= 11 is 1.31. The molecule has 0 atom stereocenters. The van der Waals surface area contributed by atoms with Gasteiger partial charge in [0.15, 0.2) is 5.16 Å². The first-order valence-electron chi connectivity index (χ1n) is 9.18. The molecule has 3 N–H and O–H groups in total. The van der Waals surface area contributed by atoms with Crippen LogP contribution in [-0.4, -0.2) is 21.3 Å². The van der Waals surface area contributed by atoms with E-state index in [-0.39, 0.29) is 11.7 Å². The van der Waals surface area contributed by atoms with E-state index in [9.17, 15) is 4.79 Å². The number of nitrogens with one attached hydrogen (secondary N) is 1. The lowest BCUT2D eigenvalue weighted by Crippen LogP contribution is -2.16. The zero-order valence-electron chi connectivity index (χ0n) is 15.7. The molecule has 0 aliphatic rings. The van der Waals surface area contributed by atoms with Crippen LogP contribution in [0.5, 0.6) is 0 Å². The monoisotopic (exact) mass is 400 g/mol.